The van der Waals surface area contributed by atoms with E-state index in [-0.39, 0.29) is 5.82 Å². The predicted molar refractivity (Wildman–Crippen MR) is 87.2 cm³/mol. The molecule has 0 bridgehead atoms. The zero-order valence-electron chi connectivity index (χ0n) is 12.1. The van der Waals surface area contributed by atoms with Gasteiger partial charge in [-0.15, -0.1) is 11.3 Å². The molecule has 0 saturated heterocycles. The maximum atomic E-state index is 13.1. The van der Waals surface area contributed by atoms with Crippen LogP contribution in [-0.4, -0.2) is 19.6 Å². The first-order chi connectivity index (χ1) is 10.3. The fourth-order valence-corrected chi connectivity index (χ4v) is 2.64. The Morgan fingerprint density at radius 3 is 2.86 bits per heavy atom. The van der Waals surface area contributed by atoms with Crippen LogP contribution < -0.4 is 10.6 Å². The van der Waals surface area contributed by atoms with Crippen molar-refractivity contribution >= 4 is 17.3 Å². The summed E-state index contributed by atoms with van der Waals surface area (Å²) in [7, 11) is 1.76. The van der Waals surface area contributed by atoms with E-state index in [0.29, 0.717) is 0 Å². The minimum atomic E-state index is -0.172. The van der Waals surface area contributed by atoms with Gasteiger partial charge in [0.15, 0.2) is 5.96 Å². The summed E-state index contributed by atoms with van der Waals surface area (Å²) in [5, 5.41) is 8.60. The zero-order valence-corrected chi connectivity index (χ0v) is 12.9. The van der Waals surface area contributed by atoms with E-state index in [1.54, 1.807) is 30.5 Å². The van der Waals surface area contributed by atoms with Crippen molar-refractivity contribution in [1.29, 1.82) is 0 Å². The molecule has 112 valence electrons. The maximum absolute atomic E-state index is 13.1. The summed E-state index contributed by atoms with van der Waals surface area (Å²) < 4.78 is 13.1. The number of thiophene rings is 1. The highest BCUT2D eigenvalue weighted by atomic mass is 32.1. The van der Waals surface area contributed by atoms with Gasteiger partial charge in [0.2, 0.25) is 0 Å². The van der Waals surface area contributed by atoms with Crippen LogP contribution in [0.25, 0.3) is 0 Å². The number of nitrogens with zero attached hydrogens (tertiary/aromatic N) is 1. The summed E-state index contributed by atoms with van der Waals surface area (Å²) in [5.41, 5.74) is 1.03. The number of hydrogen-bond donors (Lipinski definition) is 2. The molecule has 0 atom stereocenters. The second-order valence-electron chi connectivity index (χ2n) is 4.67. The Balaban J connectivity index is 1.66. The second-order valence-corrected chi connectivity index (χ2v) is 5.70. The number of rotatable bonds is 6. The van der Waals surface area contributed by atoms with E-state index in [4.69, 9.17) is 0 Å². The molecule has 0 radical (unpaired) electrons. The molecule has 0 spiro atoms. The molecule has 1 aromatic carbocycles. The van der Waals surface area contributed by atoms with Crippen LogP contribution >= 0.6 is 11.3 Å². The van der Waals surface area contributed by atoms with E-state index in [0.717, 1.165) is 37.5 Å². The number of halogens is 1. The van der Waals surface area contributed by atoms with Crippen LogP contribution in [0.15, 0.2) is 46.8 Å². The number of aliphatic imine (C=N–C) groups is 1. The minimum absolute atomic E-state index is 0.172. The molecule has 1 heterocycles. The Morgan fingerprint density at radius 2 is 2.14 bits per heavy atom. The van der Waals surface area contributed by atoms with Gasteiger partial charge in [-0.25, -0.2) is 4.39 Å². The lowest BCUT2D eigenvalue weighted by atomic mass is 10.1. The van der Waals surface area contributed by atoms with Crippen LogP contribution in [-0.2, 0) is 13.0 Å². The summed E-state index contributed by atoms with van der Waals surface area (Å²) in [6.45, 7) is 1.59. The summed E-state index contributed by atoms with van der Waals surface area (Å²) in [4.78, 5) is 5.46. The molecule has 5 heteroatoms. The molecule has 0 aliphatic carbocycles. The molecule has 0 saturated carbocycles. The van der Waals surface area contributed by atoms with Crippen LogP contribution in [0.2, 0.25) is 0 Å². The molecule has 2 rings (SSSR count). The molecule has 1 aromatic heterocycles. The van der Waals surface area contributed by atoms with Crippen molar-refractivity contribution in [2.75, 3.05) is 13.6 Å². The molecule has 2 aromatic rings. The fraction of sp³-hybridized carbons (Fsp3) is 0.312. The number of benzene rings is 1. The van der Waals surface area contributed by atoms with E-state index in [9.17, 15) is 4.39 Å². The first kappa shape index (κ1) is 15.5. The predicted octanol–water partition coefficient (Wildman–Crippen LogP) is 3.19. The van der Waals surface area contributed by atoms with Crippen molar-refractivity contribution in [3.05, 3.63) is 58.0 Å². The maximum Gasteiger partial charge on any atom is 0.191 e. The Bertz CT molecular complexity index is 567. The van der Waals surface area contributed by atoms with E-state index in [1.165, 1.54) is 10.9 Å². The van der Waals surface area contributed by atoms with Crippen molar-refractivity contribution in [2.45, 2.75) is 19.4 Å². The lowest BCUT2D eigenvalue weighted by Gasteiger charge is -2.11. The van der Waals surface area contributed by atoms with Crippen molar-refractivity contribution < 1.29 is 4.39 Å². The largest absolute Gasteiger partial charge is 0.356 e. The van der Waals surface area contributed by atoms with Gasteiger partial charge in [0.1, 0.15) is 5.82 Å². The van der Waals surface area contributed by atoms with Gasteiger partial charge in [-0.05, 0) is 42.0 Å². The van der Waals surface area contributed by atoms with Crippen molar-refractivity contribution in [2.24, 2.45) is 4.99 Å². The molecule has 0 unspecified atom stereocenters. The van der Waals surface area contributed by atoms with Crippen molar-refractivity contribution in [3.63, 3.8) is 0 Å². The molecule has 21 heavy (non-hydrogen) atoms. The van der Waals surface area contributed by atoms with E-state index in [1.807, 2.05) is 12.1 Å². The van der Waals surface area contributed by atoms with Gasteiger partial charge < -0.3 is 10.6 Å². The fourth-order valence-electron chi connectivity index (χ4n) is 2.00. The van der Waals surface area contributed by atoms with Gasteiger partial charge in [0.25, 0.3) is 0 Å². The number of hydrogen-bond acceptors (Lipinski definition) is 2. The Hall–Kier alpha value is -1.88. The molecular formula is C16H20FN3S. The third-order valence-electron chi connectivity index (χ3n) is 3.06. The SMILES string of the molecule is CN=C(NCCCc1cccc(F)c1)NCc1cccs1. The molecular weight excluding hydrogens is 285 g/mol. The lowest BCUT2D eigenvalue weighted by molar-refractivity contribution is 0.624. The summed E-state index contributed by atoms with van der Waals surface area (Å²) in [5.74, 6) is 0.622. The normalized spacial score (nSPS) is 11.4. The molecule has 0 aliphatic rings. The Labute approximate surface area is 128 Å². The highest BCUT2D eigenvalue weighted by molar-refractivity contribution is 7.09. The molecule has 2 N–H and O–H groups in total. The zero-order chi connectivity index (χ0) is 14.9. The third-order valence-corrected chi connectivity index (χ3v) is 3.93. The van der Waals surface area contributed by atoms with Gasteiger partial charge in [-0.1, -0.05) is 18.2 Å². The Morgan fingerprint density at radius 1 is 1.24 bits per heavy atom. The number of nitrogens with one attached hydrogen (secondary N) is 2. The molecule has 0 fully saturated rings. The molecule has 0 amide bonds. The van der Waals surface area contributed by atoms with E-state index < -0.39 is 0 Å². The average molecular weight is 305 g/mol. The standard InChI is InChI=1S/C16H20FN3S/c1-18-16(20-12-15-8-4-10-21-15)19-9-3-6-13-5-2-7-14(17)11-13/h2,4-5,7-8,10-11H,3,6,9,12H2,1H3,(H2,18,19,20). The number of aryl methyl sites for hydroxylation is 1. The van der Waals surface area contributed by atoms with Gasteiger partial charge in [-0.2, -0.15) is 0 Å². The first-order valence-electron chi connectivity index (χ1n) is 6.99. The van der Waals surface area contributed by atoms with Crippen LogP contribution in [0, 0.1) is 5.82 Å². The Kier molecular flexibility index (Phi) is 6.22. The first-order valence-corrected chi connectivity index (χ1v) is 7.87. The van der Waals surface area contributed by atoms with Crippen LogP contribution in [0.1, 0.15) is 16.9 Å². The van der Waals surface area contributed by atoms with E-state index in [2.05, 4.69) is 27.1 Å². The topological polar surface area (TPSA) is 36.4 Å². The highest BCUT2D eigenvalue weighted by Crippen LogP contribution is 2.07. The lowest BCUT2D eigenvalue weighted by Crippen LogP contribution is -2.37. The monoisotopic (exact) mass is 305 g/mol. The minimum Gasteiger partial charge on any atom is -0.356 e. The van der Waals surface area contributed by atoms with Gasteiger partial charge >= 0.3 is 0 Å². The average Bonchev–Trinajstić information content (AvgIpc) is 3.00. The summed E-state index contributed by atoms with van der Waals surface area (Å²) in [6.07, 6.45) is 1.79. The van der Waals surface area contributed by atoms with E-state index >= 15 is 0 Å². The van der Waals surface area contributed by atoms with Crippen LogP contribution in [0.3, 0.4) is 0 Å². The summed E-state index contributed by atoms with van der Waals surface area (Å²) >= 11 is 1.72. The van der Waals surface area contributed by atoms with Crippen LogP contribution in [0.5, 0.6) is 0 Å². The third kappa shape index (κ3) is 5.55. The van der Waals surface area contributed by atoms with Gasteiger partial charge in [-0.3, -0.25) is 4.99 Å². The molecule has 0 aliphatic heterocycles. The summed E-state index contributed by atoms with van der Waals surface area (Å²) in [6, 6.07) is 10.9. The van der Waals surface area contributed by atoms with Crippen molar-refractivity contribution in [1.82, 2.24) is 10.6 Å². The quantitative estimate of drug-likeness (QED) is 0.488. The van der Waals surface area contributed by atoms with Gasteiger partial charge in [0, 0.05) is 18.5 Å². The number of guanidine groups is 1. The van der Waals surface area contributed by atoms with Gasteiger partial charge in [0.05, 0.1) is 6.54 Å². The smallest absolute Gasteiger partial charge is 0.191 e. The second kappa shape index (κ2) is 8.42. The van der Waals surface area contributed by atoms with Crippen LogP contribution in [0.4, 0.5) is 4.39 Å². The van der Waals surface area contributed by atoms with Crippen molar-refractivity contribution in [3.8, 4) is 0 Å². The molecule has 3 nitrogen and oxygen atoms in total. The highest BCUT2D eigenvalue weighted by Gasteiger charge is 1.99.